The number of nitro groups is 1. The smallest absolute Gasteiger partial charge is 0.372 e. The van der Waals surface area contributed by atoms with Gasteiger partial charge in [-0.15, -0.1) is 0 Å². The lowest BCUT2D eigenvalue weighted by Gasteiger charge is -2.08. The minimum absolute atomic E-state index is 0.324. The second-order valence-corrected chi connectivity index (χ2v) is 3.37. The fraction of sp³-hybridized carbons (Fsp3) is 0.400. The molecule has 7 nitrogen and oxygen atoms in total. The van der Waals surface area contributed by atoms with E-state index in [1.165, 1.54) is 0 Å². The van der Waals surface area contributed by atoms with E-state index in [9.17, 15) is 23.7 Å². The molecule has 0 N–H and O–H groups in total. The Hall–Kier alpha value is -2.32. The lowest BCUT2D eigenvalue weighted by atomic mass is 10.1. The molecule has 0 saturated carbocycles. The Kier molecular flexibility index (Phi) is 4.67. The molecule has 19 heavy (non-hydrogen) atoms. The first-order chi connectivity index (χ1) is 8.90. The molecule has 0 fully saturated rings. The van der Waals surface area contributed by atoms with E-state index in [1.807, 2.05) is 0 Å². The van der Waals surface area contributed by atoms with Crippen LogP contribution in [0.25, 0.3) is 0 Å². The monoisotopic (exact) mass is 276 g/mol. The zero-order valence-corrected chi connectivity index (χ0v) is 10.1. The molecule has 0 aliphatic heterocycles. The number of nitrogens with zero attached hydrogens (tertiary/aromatic N) is 2. The van der Waals surface area contributed by atoms with Gasteiger partial charge in [0.25, 0.3) is 6.43 Å². The van der Waals surface area contributed by atoms with Crippen molar-refractivity contribution in [3.63, 3.8) is 0 Å². The van der Waals surface area contributed by atoms with Crippen molar-refractivity contribution in [3.8, 4) is 5.88 Å². The van der Waals surface area contributed by atoms with Gasteiger partial charge in [-0.25, -0.2) is 8.78 Å². The van der Waals surface area contributed by atoms with Crippen LogP contribution in [0, 0.1) is 10.1 Å². The molecule has 0 saturated heterocycles. The third-order valence-electron chi connectivity index (χ3n) is 2.28. The van der Waals surface area contributed by atoms with Crippen molar-refractivity contribution in [2.24, 2.45) is 0 Å². The highest BCUT2D eigenvalue weighted by Crippen LogP contribution is 2.32. The van der Waals surface area contributed by atoms with Crippen molar-refractivity contribution >= 4 is 11.8 Å². The predicted molar refractivity (Wildman–Crippen MR) is 58.1 cm³/mol. The number of alkyl halides is 2. The van der Waals surface area contributed by atoms with Crippen molar-refractivity contribution in [1.82, 2.24) is 4.98 Å². The van der Waals surface area contributed by atoms with Gasteiger partial charge in [0.05, 0.1) is 26.2 Å². The van der Waals surface area contributed by atoms with Crippen molar-refractivity contribution in [2.45, 2.75) is 12.8 Å². The number of pyridine rings is 1. The van der Waals surface area contributed by atoms with Crippen LogP contribution in [0.5, 0.6) is 5.88 Å². The molecular formula is C10H10F2N2O5. The number of hydrogen-bond donors (Lipinski definition) is 0. The summed E-state index contributed by atoms with van der Waals surface area (Å²) in [5.41, 5.74) is -1.16. The van der Waals surface area contributed by atoms with Crippen molar-refractivity contribution in [1.29, 1.82) is 0 Å². The molecule has 1 heterocycles. The summed E-state index contributed by atoms with van der Waals surface area (Å²) in [7, 11) is 2.19. The van der Waals surface area contributed by atoms with Gasteiger partial charge in [-0.1, -0.05) is 0 Å². The van der Waals surface area contributed by atoms with Crippen LogP contribution in [0.15, 0.2) is 6.07 Å². The van der Waals surface area contributed by atoms with E-state index in [2.05, 4.69) is 14.5 Å². The summed E-state index contributed by atoms with van der Waals surface area (Å²) < 4.78 is 34.7. The minimum Gasteiger partial charge on any atom is -0.469 e. The maximum atomic E-state index is 12.9. The Morgan fingerprint density at radius 3 is 2.58 bits per heavy atom. The van der Waals surface area contributed by atoms with Crippen LogP contribution in [0.3, 0.4) is 0 Å². The van der Waals surface area contributed by atoms with Crippen LogP contribution < -0.4 is 4.74 Å². The Balaban J connectivity index is 3.44. The van der Waals surface area contributed by atoms with Crippen molar-refractivity contribution < 1.29 is 28.0 Å². The molecule has 1 rings (SSSR count). The molecule has 9 heteroatoms. The summed E-state index contributed by atoms with van der Waals surface area (Å²) in [6.45, 7) is 0. The minimum atomic E-state index is -3.00. The molecule has 0 unspecified atom stereocenters. The first-order valence-corrected chi connectivity index (χ1v) is 4.97. The van der Waals surface area contributed by atoms with Gasteiger partial charge in [0.2, 0.25) is 0 Å². The summed E-state index contributed by atoms with van der Waals surface area (Å²) in [6.07, 6.45) is -3.67. The first kappa shape index (κ1) is 14.7. The summed E-state index contributed by atoms with van der Waals surface area (Å²) in [6, 6.07) is 0.857. The van der Waals surface area contributed by atoms with Crippen LogP contribution in [-0.2, 0) is 16.0 Å². The van der Waals surface area contributed by atoms with Gasteiger partial charge in [-0.2, -0.15) is 0 Å². The average molecular weight is 276 g/mol. The molecule has 0 spiro atoms. The first-order valence-electron chi connectivity index (χ1n) is 4.97. The number of hydrogen-bond acceptors (Lipinski definition) is 6. The number of aromatic nitrogens is 1. The topological polar surface area (TPSA) is 91.6 Å². The summed E-state index contributed by atoms with van der Waals surface area (Å²) in [4.78, 5) is 24.5. The lowest BCUT2D eigenvalue weighted by molar-refractivity contribution is -0.390. The molecule has 0 amide bonds. The predicted octanol–water partition coefficient (Wildman–Crippen LogP) is 1.65. The van der Waals surface area contributed by atoms with Crippen LogP contribution in [0.4, 0.5) is 14.6 Å². The molecule has 0 aliphatic carbocycles. The summed E-state index contributed by atoms with van der Waals surface area (Å²) >= 11 is 0. The maximum absolute atomic E-state index is 12.9. The van der Waals surface area contributed by atoms with Crippen molar-refractivity contribution in [3.05, 3.63) is 27.3 Å². The quantitative estimate of drug-likeness (QED) is 0.461. The van der Waals surface area contributed by atoms with Gasteiger partial charge in [-0.3, -0.25) is 4.79 Å². The van der Waals surface area contributed by atoms with Crippen LogP contribution >= 0.6 is 0 Å². The fourth-order valence-electron chi connectivity index (χ4n) is 1.40. The van der Waals surface area contributed by atoms with Crippen LogP contribution in [0.2, 0.25) is 0 Å². The Morgan fingerprint density at radius 2 is 2.16 bits per heavy atom. The van der Waals surface area contributed by atoms with E-state index < -0.39 is 40.7 Å². The third-order valence-corrected chi connectivity index (χ3v) is 2.28. The largest absolute Gasteiger partial charge is 0.469 e. The highest BCUT2D eigenvalue weighted by Gasteiger charge is 2.29. The normalized spacial score (nSPS) is 10.4. The van der Waals surface area contributed by atoms with Gasteiger partial charge in [0, 0.05) is 16.6 Å². The van der Waals surface area contributed by atoms with E-state index in [1.54, 1.807) is 0 Å². The van der Waals surface area contributed by atoms with Crippen LogP contribution in [-0.4, -0.2) is 30.1 Å². The summed E-state index contributed by atoms with van der Waals surface area (Å²) in [5, 5.41) is 10.8. The number of methoxy groups -OCH3 is 2. The number of ether oxygens (including phenoxy) is 2. The maximum Gasteiger partial charge on any atom is 0.372 e. The van der Waals surface area contributed by atoms with Gasteiger partial charge < -0.3 is 19.6 Å². The highest BCUT2D eigenvalue weighted by molar-refractivity contribution is 5.74. The number of carbonyl (C=O) groups is 1. The number of halogens is 2. The Labute approximate surface area is 106 Å². The van der Waals surface area contributed by atoms with Gasteiger partial charge in [0.15, 0.2) is 0 Å². The van der Waals surface area contributed by atoms with E-state index in [4.69, 9.17) is 0 Å². The molecule has 0 radical (unpaired) electrons. The second-order valence-electron chi connectivity index (χ2n) is 3.37. The molecule has 0 bridgehead atoms. The molecule has 0 aromatic carbocycles. The standard InChI is InChI=1S/C10H10F2N2O5/c1-18-7-3-5(9(11)12)6(4-8(15)19-2)10(13-7)14(16)17/h3,9H,4H2,1-2H3. The highest BCUT2D eigenvalue weighted by atomic mass is 19.3. The second kappa shape index (κ2) is 6.03. The van der Waals surface area contributed by atoms with Gasteiger partial charge in [-0.05, 0) is 4.92 Å². The Morgan fingerprint density at radius 1 is 1.53 bits per heavy atom. The molecule has 0 aliphatic rings. The molecule has 1 aromatic heterocycles. The lowest BCUT2D eigenvalue weighted by Crippen LogP contribution is -2.11. The Bertz CT molecular complexity index is 507. The molecule has 104 valence electrons. The van der Waals surface area contributed by atoms with E-state index in [0.29, 0.717) is 0 Å². The zero-order chi connectivity index (χ0) is 14.6. The van der Waals surface area contributed by atoms with Crippen LogP contribution in [0.1, 0.15) is 17.6 Å². The molecule has 1 aromatic rings. The van der Waals surface area contributed by atoms with E-state index in [0.717, 1.165) is 20.3 Å². The fourth-order valence-corrected chi connectivity index (χ4v) is 1.40. The number of carbonyl (C=O) groups excluding carboxylic acids is 1. The third kappa shape index (κ3) is 3.33. The molecule has 0 atom stereocenters. The SMILES string of the molecule is COC(=O)Cc1c(C(F)F)cc(OC)nc1[N+](=O)[O-]. The summed E-state index contributed by atoms with van der Waals surface area (Å²) in [5.74, 6) is -2.05. The number of rotatable bonds is 5. The van der Waals surface area contributed by atoms with Gasteiger partial charge in [0.1, 0.15) is 0 Å². The molecular weight excluding hydrogens is 266 g/mol. The van der Waals surface area contributed by atoms with E-state index >= 15 is 0 Å². The number of esters is 1. The van der Waals surface area contributed by atoms with Gasteiger partial charge >= 0.3 is 17.7 Å². The van der Waals surface area contributed by atoms with E-state index in [-0.39, 0.29) is 5.88 Å². The zero-order valence-electron chi connectivity index (χ0n) is 10.1. The van der Waals surface area contributed by atoms with Crippen molar-refractivity contribution in [2.75, 3.05) is 14.2 Å². The average Bonchev–Trinajstić information content (AvgIpc) is 2.37.